The molecule has 2 N–H and O–H groups in total. The number of carbonyl (C=O) groups excluding carboxylic acids is 4. The summed E-state index contributed by atoms with van der Waals surface area (Å²) in [5.74, 6) is -1.27. The molecule has 0 aliphatic carbocycles. The van der Waals surface area contributed by atoms with Crippen LogP contribution < -0.4 is 10.2 Å². The Kier molecular flexibility index (Phi) is 8.50. The second-order valence-corrected chi connectivity index (χ2v) is 9.73. The number of rotatable bonds is 6. The number of hydrogen-bond donors (Lipinski definition) is 2. The van der Waals surface area contributed by atoms with Gasteiger partial charge in [0, 0.05) is 6.54 Å². The lowest BCUT2D eigenvalue weighted by Crippen LogP contribution is -2.44. The molecule has 0 unspecified atom stereocenters. The lowest BCUT2D eigenvalue weighted by Gasteiger charge is -2.29. The fraction of sp³-hybridized carbons (Fsp3) is 0.500. The number of esters is 1. The molecule has 2 rings (SSSR count). The summed E-state index contributed by atoms with van der Waals surface area (Å²) in [6, 6.07) is 6.21. The van der Waals surface area contributed by atoms with Gasteiger partial charge in [0.25, 0.3) is 5.91 Å². The average molecular weight is 492 g/mol. The summed E-state index contributed by atoms with van der Waals surface area (Å²) in [5, 5.41) is 12.1. The number of para-hydroxylation sites is 2. The number of methoxy groups -OCH3 is 1. The summed E-state index contributed by atoms with van der Waals surface area (Å²) in [6.07, 6.45) is -1.97. The third kappa shape index (κ3) is 7.19. The SMILES string of the molecule is COC(=O)C1=C(Nc2ccccc2N(C(=O)OC(C)(C)C)C(=O)OC(C)(C)C)C(=O)N(CCO)C1. The highest BCUT2D eigenvalue weighted by molar-refractivity contribution is 6.13. The molecular formula is C24H33N3O8. The number of anilines is 2. The Morgan fingerprint density at radius 1 is 1.03 bits per heavy atom. The Hall–Kier alpha value is -3.60. The third-order valence-electron chi connectivity index (χ3n) is 4.51. The minimum atomic E-state index is -0.983. The Labute approximate surface area is 204 Å². The predicted molar refractivity (Wildman–Crippen MR) is 128 cm³/mol. The summed E-state index contributed by atoms with van der Waals surface area (Å²) in [4.78, 5) is 53.4. The van der Waals surface area contributed by atoms with Gasteiger partial charge in [-0.2, -0.15) is 4.90 Å². The predicted octanol–water partition coefficient (Wildman–Crippen LogP) is 3.04. The summed E-state index contributed by atoms with van der Waals surface area (Å²) in [5.41, 5.74) is -1.66. The normalized spacial score (nSPS) is 14.1. The molecule has 1 aliphatic rings. The Morgan fingerprint density at radius 3 is 2.06 bits per heavy atom. The van der Waals surface area contributed by atoms with Gasteiger partial charge in [0.2, 0.25) is 0 Å². The van der Waals surface area contributed by atoms with Crippen molar-refractivity contribution in [2.75, 3.05) is 37.0 Å². The molecule has 0 radical (unpaired) electrons. The maximum absolute atomic E-state index is 13.1. The van der Waals surface area contributed by atoms with Gasteiger partial charge in [0.1, 0.15) is 16.9 Å². The molecular weight excluding hydrogens is 458 g/mol. The quantitative estimate of drug-likeness (QED) is 0.455. The second-order valence-electron chi connectivity index (χ2n) is 9.73. The van der Waals surface area contributed by atoms with Crippen LogP contribution in [0.5, 0.6) is 0 Å². The Bertz CT molecular complexity index is 992. The van der Waals surface area contributed by atoms with Crippen LogP contribution >= 0.6 is 0 Å². The summed E-state index contributed by atoms with van der Waals surface area (Å²) < 4.78 is 15.7. The van der Waals surface area contributed by atoms with Crippen LogP contribution in [-0.4, -0.2) is 72.1 Å². The van der Waals surface area contributed by atoms with E-state index in [1.165, 1.54) is 24.1 Å². The third-order valence-corrected chi connectivity index (χ3v) is 4.51. The van der Waals surface area contributed by atoms with Gasteiger partial charge in [-0.1, -0.05) is 12.1 Å². The van der Waals surface area contributed by atoms with Crippen molar-refractivity contribution < 1.29 is 38.5 Å². The summed E-state index contributed by atoms with van der Waals surface area (Å²) in [6.45, 7) is 9.57. The van der Waals surface area contributed by atoms with Gasteiger partial charge < -0.3 is 29.5 Å². The van der Waals surface area contributed by atoms with Gasteiger partial charge in [-0.15, -0.1) is 0 Å². The molecule has 1 heterocycles. The molecule has 0 saturated carbocycles. The lowest BCUT2D eigenvalue weighted by molar-refractivity contribution is -0.136. The van der Waals surface area contributed by atoms with Gasteiger partial charge in [-0.3, -0.25) is 4.79 Å². The van der Waals surface area contributed by atoms with E-state index in [2.05, 4.69) is 5.32 Å². The minimum Gasteiger partial charge on any atom is -0.466 e. The number of ether oxygens (including phenoxy) is 3. The highest BCUT2D eigenvalue weighted by Crippen LogP contribution is 2.32. The number of imide groups is 1. The van der Waals surface area contributed by atoms with Crippen molar-refractivity contribution in [2.45, 2.75) is 52.7 Å². The summed E-state index contributed by atoms with van der Waals surface area (Å²) in [7, 11) is 1.19. The number of aliphatic hydroxyl groups excluding tert-OH is 1. The van der Waals surface area contributed by atoms with Crippen LogP contribution in [0.3, 0.4) is 0 Å². The molecule has 11 nitrogen and oxygen atoms in total. The molecule has 11 heteroatoms. The number of aliphatic hydroxyl groups is 1. The fourth-order valence-corrected chi connectivity index (χ4v) is 3.14. The standard InChI is InChI=1S/C24H33N3O8/c1-23(2,3)34-21(31)27(22(32)35-24(4,5)6)17-11-9-8-10-16(17)25-18-15(20(30)33-7)14-26(12-13-28)19(18)29/h8-11,25,28H,12-14H2,1-7H3. The van der Waals surface area contributed by atoms with Crippen LogP contribution in [-0.2, 0) is 23.8 Å². The molecule has 1 aliphatic heterocycles. The number of amides is 3. The van der Waals surface area contributed by atoms with Crippen LogP contribution in [0, 0.1) is 0 Å². The maximum atomic E-state index is 13.1. The molecule has 0 saturated heterocycles. The summed E-state index contributed by atoms with van der Waals surface area (Å²) >= 11 is 0. The van der Waals surface area contributed by atoms with Gasteiger partial charge >= 0.3 is 18.2 Å². The van der Waals surface area contributed by atoms with E-state index in [4.69, 9.17) is 14.2 Å². The zero-order valence-corrected chi connectivity index (χ0v) is 21.1. The Morgan fingerprint density at radius 2 is 1.57 bits per heavy atom. The van der Waals surface area contributed by atoms with Crippen molar-refractivity contribution in [3.05, 3.63) is 35.5 Å². The van der Waals surface area contributed by atoms with E-state index in [9.17, 15) is 24.3 Å². The second kappa shape index (κ2) is 10.8. The Balaban J connectivity index is 2.56. The molecule has 0 atom stereocenters. The number of carbonyl (C=O) groups is 4. The van der Waals surface area contributed by atoms with E-state index in [1.54, 1.807) is 53.7 Å². The first-order valence-electron chi connectivity index (χ1n) is 11.0. The molecule has 0 bridgehead atoms. The molecule has 35 heavy (non-hydrogen) atoms. The van der Waals surface area contributed by atoms with Crippen LogP contribution in [0.1, 0.15) is 41.5 Å². The monoisotopic (exact) mass is 491 g/mol. The van der Waals surface area contributed by atoms with E-state index >= 15 is 0 Å². The highest BCUT2D eigenvalue weighted by atomic mass is 16.6. The average Bonchev–Trinajstić information content (AvgIpc) is 3.02. The van der Waals surface area contributed by atoms with Crippen LogP contribution in [0.15, 0.2) is 35.5 Å². The number of hydrogen-bond acceptors (Lipinski definition) is 9. The molecule has 0 fully saturated rings. The molecule has 0 spiro atoms. The molecule has 0 aromatic heterocycles. The number of nitrogens with zero attached hydrogens (tertiary/aromatic N) is 2. The first kappa shape index (κ1) is 27.6. The first-order valence-corrected chi connectivity index (χ1v) is 11.0. The minimum absolute atomic E-state index is 0.00803. The molecule has 192 valence electrons. The van der Waals surface area contributed by atoms with Crippen LogP contribution in [0.2, 0.25) is 0 Å². The van der Waals surface area contributed by atoms with Gasteiger partial charge in [0.05, 0.1) is 37.2 Å². The van der Waals surface area contributed by atoms with Crippen molar-refractivity contribution >= 4 is 35.4 Å². The van der Waals surface area contributed by atoms with E-state index in [0.29, 0.717) is 0 Å². The maximum Gasteiger partial charge on any atom is 0.424 e. The van der Waals surface area contributed by atoms with E-state index in [1.807, 2.05) is 0 Å². The smallest absolute Gasteiger partial charge is 0.424 e. The molecule has 1 aromatic rings. The van der Waals surface area contributed by atoms with E-state index in [-0.39, 0.29) is 42.3 Å². The zero-order chi connectivity index (χ0) is 26.6. The van der Waals surface area contributed by atoms with E-state index in [0.717, 1.165) is 4.90 Å². The van der Waals surface area contributed by atoms with Crippen molar-refractivity contribution in [1.29, 1.82) is 0 Å². The fourth-order valence-electron chi connectivity index (χ4n) is 3.14. The number of nitrogens with one attached hydrogen (secondary N) is 1. The molecule has 3 amide bonds. The van der Waals surface area contributed by atoms with Crippen molar-refractivity contribution in [2.24, 2.45) is 0 Å². The van der Waals surface area contributed by atoms with Crippen LogP contribution in [0.4, 0.5) is 21.0 Å². The van der Waals surface area contributed by atoms with Gasteiger partial charge in [0.15, 0.2) is 0 Å². The first-order chi connectivity index (χ1) is 16.2. The topological polar surface area (TPSA) is 135 Å². The largest absolute Gasteiger partial charge is 0.466 e. The zero-order valence-electron chi connectivity index (χ0n) is 21.1. The van der Waals surface area contributed by atoms with Gasteiger partial charge in [-0.25, -0.2) is 14.4 Å². The van der Waals surface area contributed by atoms with Crippen molar-refractivity contribution in [1.82, 2.24) is 4.90 Å². The van der Waals surface area contributed by atoms with E-state index < -0.39 is 35.3 Å². The van der Waals surface area contributed by atoms with Gasteiger partial charge in [-0.05, 0) is 53.7 Å². The number of benzene rings is 1. The highest BCUT2D eigenvalue weighted by Gasteiger charge is 2.37. The number of β-amino-alcohol motifs (C(OH)–C–C–N with tert-alkyl or cyclic N) is 1. The lowest BCUT2D eigenvalue weighted by atomic mass is 10.2. The van der Waals surface area contributed by atoms with Crippen LogP contribution in [0.25, 0.3) is 0 Å². The van der Waals surface area contributed by atoms with Crippen molar-refractivity contribution in [3.63, 3.8) is 0 Å². The molecule has 1 aromatic carbocycles. The van der Waals surface area contributed by atoms with Crippen molar-refractivity contribution in [3.8, 4) is 0 Å².